The van der Waals surface area contributed by atoms with Crippen LogP contribution >= 0.6 is 11.6 Å². The van der Waals surface area contributed by atoms with E-state index in [4.69, 9.17) is 21.4 Å². The number of aliphatic carboxylic acids is 1. The average molecular weight is 312 g/mol. The Morgan fingerprint density at radius 1 is 1.38 bits per heavy atom. The minimum Gasteiger partial charge on any atom is -0.488 e. The van der Waals surface area contributed by atoms with Crippen LogP contribution in [0.25, 0.3) is 0 Å². The third kappa shape index (κ3) is 4.90. The molecule has 0 bridgehead atoms. The largest absolute Gasteiger partial charge is 0.488 e. The molecule has 0 spiro atoms. The van der Waals surface area contributed by atoms with E-state index in [0.717, 1.165) is 32.2 Å². The predicted molar refractivity (Wildman–Crippen MR) is 82.9 cm³/mol. The van der Waals surface area contributed by atoms with Crippen LogP contribution in [0.15, 0.2) is 24.3 Å². The smallest absolute Gasteiger partial charge is 0.306 e. The molecule has 1 aliphatic carbocycles. The van der Waals surface area contributed by atoms with Crippen molar-refractivity contribution in [3.63, 3.8) is 0 Å². The minimum atomic E-state index is -0.663. The molecule has 0 heterocycles. The van der Waals surface area contributed by atoms with Crippen molar-refractivity contribution in [2.75, 3.05) is 6.54 Å². The third-order valence-corrected chi connectivity index (χ3v) is 4.25. The second kappa shape index (κ2) is 7.66. The Labute approximate surface area is 130 Å². The second-order valence-corrected chi connectivity index (χ2v) is 6.06. The van der Waals surface area contributed by atoms with E-state index in [1.54, 1.807) is 0 Å². The number of hydrogen-bond acceptors (Lipinski definition) is 3. The number of ether oxygens (including phenoxy) is 1. The van der Waals surface area contributed by atoms with E-state index in [0.29, 0.717) is 16.8 Å². The molecule has 2 rings (SSSR count). The van der Waals surface area contributed by atoms with Gasteiger partial charge in [0, 0.05) is 12.6 Å². The summed E-state index contributed by atoms with van der Waals surface area (Å²) in [5.41, 5.74) is 0. The Hall–Kier alpha value is -1.26. The van der Waals surface area contributed by atoms with Gasteiger partial charge in [-0.3, -0.25) is 4.79 Å². The molecule has 1 fully saturated rings. The Morgan fingerprint density at radius 2 is 2.05 bits per heavy atom. The molecule has 116 valence electrons. The fourth-order valence-corrected chi connectivity index (χ4v) is 2.86. The third-order valence-electron chi connectivity index (χ3n) is 3.94. The SMILES string of the molecule is CC(CNC1CCC(C(=O)O)CC1)Oc1ccccc1Cl. The van der Waals surface area contributed by atoms with Gasteiger partial charge in [-0.1, -0.05) is 23.7 Å². The average Bonchev–Trinajstić information content (AvgIpc) is 2.48. The molecule has 1 saturated carbocycles. The van der Waals surface area contributed by atoms with Crippen LogP contribution in [0, 0.1) is 5.92 Å². The van der Waals surface area contributed by atoms with Gasteiger partial charge in [0.15, 0.2) is 0 Å². The maximum Gasteiger partial charge on any atom is 0.306 e. The van der Waals surface area contributed by atoms with Crippen LogP contribution in [0.4, 0.5) is 0 Å². The molecule has 0 aromatic heterocycles. The van der Waals surface area contributed by atoms with Crippen LogP contribution in [0.3, 0.4) is 0 Å². The summed E-state index contributed by atoms with van der Waals surface area (Å²) in [6.07, 6.45) is 3.35. The van der Waals surface area contributed by atoms with Gasteiger partial charge in [-0.2, -0.15) is 0 Å². The van der Waals surface area contributed by atoms with E-state index in [1.807, 2.05) is 31.2 Å². The zero-order valence-electron chi connectivity index (χ0n) is 12.2. The number of rotatable bonds is 6. The highest BCUT2D eigenvalue weighted by molar-refractivity contribution is 6.32. The molecule has 1 aliphatic rings. The van der Waals surface area contributed by atoms with Crippen molar-refractivity contribution in [1.29, 1.82) is 0 Å². The number of nitrogens with one attached hydrogen (secondary N) is 1. The van der Waals surface area contributed by atoms with Crippen molar-refractivity contribution >= 4 is 17.6 Å². The Balaban J connectivity index is 1.71. The van der Waals surface area contributed by atoms with Gasteiger partial charge in [0.2, 0.25) is 0 Å². The standard InChI is InChI=1S/C16H22ClNO3/c1-11(21-15-5-3-2-4-14(15)17)10-18-13-8-6-12(7-9-13)16(19)20/h2-5,11-13,18H,6-10H2,1H3,(H,19,20). The van der Waals surface area contributed by atoms with E-state index in [2.05, 4.69) is 5.32 Å². The zero-order valence-corrected chi connectivity index (χ0v) is 13.0. The number of hydrogen-bond donors (Lipinski definition) is 2. The number of carboxylic acid groups (broad SMARTS) is 1. The topological polar surface area (TPSA) is 58.6 Å². The van der Waals surface area contributed by atoms with Crippen molar-refractivity contribution in [2.24, 2.45) is 5.92 Å². The first-order valence-electron chi connectivity index (χ1n) is 7.43. The molecule has 1 aromatic rings. The lowest BCUT2D eigenvalue weighted by Gasteiger charge is -2.28. The second-order valence-electron chi connectivity index (χ2n) is 5.65. The molecule has 1 atom stereocenters. The van der Waals surface area contributed by atoms with Crippen LogP contribution in [0.5, 0.6) is 5.75 Å². The fraction of sp³-hybridized carbons (Fsp3) is 0.562. The normalized spacial score (nSPS) is 23.5. The van der Waals surface area contributed by atoms with E-state index in [-0.39, 0.29) is 12.0 Å². The van der Waals surface area contributed by atoms with Crippen LogP contribution in [0.2, 0.25) is 5.02 Å². The van der Waals surface area contributed by atoms with E-state index >= 15 is 0 Å². The lowest BCUT2D eigenvalue weighted by Crippen LogP contribution is -2.39. The first kappa shape index (κ1) is 16.1. The van der Waals surface area contributed by atoms with Crippen molar-refractivity contribution in [3.05, 3.63) is 29.3 Å². The molecule has 0 saturated heterocycles. The van der Waals surface area contributed by atoms with Gasteiger partial charge in [-0.15, -0.1) is 0 Å². The summed E-state index contributed by atoms with van der Waals surface area (Å²) >= 11 is 6.06. The molecular weight excluding hydrogens is 290 g/mol. The minimum absolute atomic E-state index is 0.0158. The lowest BCUT2D eigenvalue weighted by atomic mass is 9.86. The van der Waals surface area contributed by atoms with Crippen molar-refractivity contribution < 1.29 is 14.6 Å². The highest BCUT2D eigenvalue weighted by Gasteiger charge is 2.25. The number of carbonyl (C=O) groups is 1. The number of halogens is 1. The van der Waals surface area contributed by atoms with Gasteiger partial charge in [0.05, 0.1) is 10.9 Å². The van der Waals surface area contributed by atoms with Gasteiger partial charge in [0.1, 0.15) is 11.9 Å². The van der Waals surface area contributed by atoms with Crippen molar-refractivity contribution in [2.45, 2.75) is 44.8 Å². The van der Waals surface area contributed by atoms with Gasteiger partial charge in [-0.25, -0.2) is 0 Å². The molecular formula is C16H22ClNO3. The monoisotopic (exact) mass is 311 g/mol. The molecule has 1 unspecified atom stereocenters. The number of benzene rings is 1. The van der Waals surface area contributed by atoms with Crippen LogP contribution < -0.4 is 10.1 Å². The highest BCUT2D eigenvalue weighted by atomic mass is 35.5. The molecule has 0 aliphatic heterocycles. The van der Waals surface area contributed by atoms with E-state index in [9.17, 15) is 4.79 Å². The molecule has 1 aromatic carbocycles. The van der Waals surface area contributed by atoms with Crippen LogP contribution in [0.1, 0.15) is 32.6 Å². The molecule has 2 N–H and O–H groups in total. The van der Waals surface area contributed by atoms with Crippen LogP contribution in [-0.4, -0.2) is 29.8 Å². The first-order chi connectivity index (χ1) is 10.1. The molecule has 21 heavy (non-hydrogen) atoms. The van der Waals surface area contributed by atoms with Gasteiger partial charge >= 0.3 is 5.97 Å². The summed E-state index contributed by atoms with van der Waals surface area (Å²) in [5.74, 6) is -0.133. The predicted octanol–water partition coefficient (Wildman–Crippen LogP) is 3.34. The molecule has 0 radical (unpaired) electrons. The summed E-state index contributed by atoms with van der Waals surface area (Å²) in [6, 6.07) is 7.83. The molecule has 0 amide bonds. The van der Waals surface area contributed by atoms with Crippen LogP contribution in [-0.2, 0) is 4.79 Å². The molecule has 5 heteroatoms. The highest BCUT2D eigenvalue weighted by Crippen LogP contribution is 2.25. The summed E-state index contributed by atoms with van der Waals surface area (Å²) in [7, 11) is 0. The zero-order chi connectivity index (χ0) is 15.2. The summed E-state index contributed by atoms with van der Waals surface area (Å²) < 4.78 is 5.81. The van der Waals surface area contributed by atoms with Gasteiger partial charge in [0.25, 0.3) is 0 Å². The number of carboxylic acids is 1. The van der Waals surface area contributed by atoms with Gasteiger partial charge in [-0.05, 0) is 44.7 Å². The Morgan fingerprint density at radius 3 is 2.67 bits per heavy atom. The van der Waals surface area contributed by atoms with Gasteiger partial charge < -0.3 is 15.2 Å². The number of para-hydroxylation sites is 1. The van der Waals surface area contributed by atoms with Crippen molar-refractivity contribution in [3.8, 4) is 5.75 Å². The maximum atomic E-state index is 10.9. The van der Waals surface area contributed by atoms with Crippen molar-refractivity contribution in [1.82, 2.24) is 5.32 Å². The summed E-state index contributed by atoms with van der Waals surface area (Å²) in [4.78, 5) is 10.9. The quantitative estimate of drug-likeness (QED) is 0.846. The molecule has 4 nitrogen and oxygen atoms in total. The maximum absolute atomic E-state index is 10.9. The first-order valence-corrected chi connectivity index (χ1v) is 7.81. The summed E-state index contributed by atoms with van der Waals surface area (Å²) in [6.45, 7) is 2.73. The Kier molecular flexibility index (Phi) is 5.88. The van der Waals surface area contributed by atoms with E-state index < -0.39 is 5.97 Å². The van der Waals surface area contributed by atoms with E-state index in [1.165, 1.54) is 0 Å². The summed E-state index contributed by atoms with van der Waals surface area (Å²) in [5, 5.41) is 13.1. The Bertz CT molecular complexity index is 472. The lowest BCUT2D eigenvalue weighted by molar-refractivity contribution is -0.142. The fourth-order valence-electron chi connectivity index (χ4n) is 2.68.